The number of carbonyl (C=O) groups is 2. The van der Waals surface area contributed by atoms with E-state index in [2.05, 4.69) is 5.32 Å². The lowest BCUT2D eigenvalue weighted by Crippen LogP contribution is -2.39. The lowest BCUT2D eigenvalue weighted by Gasteiger charge is -2.23. The molecule has 0 atom stereocenters. The van der Waals surface area contributed by atoms with E-state index in [0.717, 1.165) is 5.56 Å². The third kappa shape index (κ3) is 5.45. The third-order valence-corrected chi connectivity index (χ3v) is 4.19. The van der Waals surface area contributed by atoms with Gasteiger partial charge >= 0.3 is 11.8 Å². The summed E-state index contributed by atoms with van der Waals surface area (Å²) in [6.07, 6.45) is -0.0531. The molecule has 0 aliphatic heterocycles. The molecule has 29 heavy (non-hydrogen) atoms. The molecule has 3 rings (SSSR count). The van der Waals surface area contributed by atoms with Crippen molar-refractivity contribution in [3.63, 3.8) is 0 Å². The molecule has 0 saturated heterocycles. The maximum absolute atomic E-state index is 13.1. The van der Waals surface area contributed by atoms with Gasteiger partial charge in [-0.05, 0) is 43.7 Å². The molecule has 0 spiro atoms. The van der Waals surface area contributed by atoms with Crippen LogP contribution in [-0.2, 0) is 16.1 Å². The number of nitrogens with one attached hydrogen (secondary N) is 1. The van der Waals surface area contributed by atoms with Gasteiger partial charge in [0, 0.05) is 5.69 Å². The first-order chi connectivity index (χ1) is 14.0. The number of benzene rings is 3. The Morgan fingerprint density at radius 3 is 2.10 bits per heavy atom. The molecule has 3 aromatic carbocycles. The number of rotatable bonds is 6. The molecule has 3 aromatic rings. The van der Waals surface area contributed by atoms with Crippen molar-refractivity contribution in [1.29, 1.82) is 0 Å². The minimum absolute atomic E-state index is 0.0531. The Bertz CT molecular complexity index is 956. The predicted molar refractivity (Wildman–Crippen MR) is 115 cm³/mol. The van der Waals surface area contributed by atoms with Crippen molar-refractivity contribution in [3.8, 4) is 5.75 Å². The second kappa shape index (κ2) is 9.55. The van der Waals surface area contributed by atoms with Gasteiger partial charge in [-0.15, -0.1) is 0 Å². The number of anilines is 2. The minimum Gasteiger partial charge on any atom is -0.489 e. The summed E-state index contributed by atoms with van der Waals surface area (Å²) in [7, 11) is 0. The fourth-order valence-electron chi connectivity index (χ4n) is 2.88. The van der Waals surface area contributed by atoms with Crippen molar-refractivity contribution >= 4 is 23.2 Å². The molecule has 0 aliphatic rings. The quantitative estimate of drug-likeness (QED) is 0.626. The summed E-state index contributed by atoms with van der Waals surface area (Å²) >= 11 is 0. The monoisotopic (exact) mass is 388 g/mol. The highest BCUT2D eigenvalue weighted by Gasteiger charge is 2.24. The van der Waals surface area contributed by atoms with Gasteiger partial charge in [-0.25, -0.2) is 0 Å². The zero-order chi connectivity index (χ0) is 20.6. The maximum Gasteiger partial charge on any atom is 0.316 e. The molecule has 5 nitrogen and oxygen atoms in total. The van der Waals surface area contributed by atoms with Crippen LogP contribution in [0.4, 0.5) is 11.4 Å². The van der Waals surface area contributed by atoms with Crippen LogP contribution in [0.1, 0.15) is 19.4 Å². The topological polar surface area (TPSA) is 58.6 Å². The summed E-state index contributed by atoms with van der Waals surface area (Å²) in [6.45, 7) is 4.10. The molecule has 0 fully saturated rings. The molecular weight excluding hydrogens is 364 g/mol. The summed E-state index contributed by atoms with van der Waals surface area (Å²) in [6, 6.07) is 25.8. The van der Waals surface area contributed by atoms with Gasteiger partial charge in [-0.2, -0.15) is 0 Å². The SMILES string of the molecule is CC(C)Oc1ccccc1NC(=O)C(=O)N(Cc1ccccc1)c1ccccc1. The molecule has 0 saturated carbocycles. The number of ether oxygens (including phenoxy) is 1. The number of para-hydroxylation sites is 3. The van der Waals surface area contributed by atoms with E-state index in [0.29, 0.717) is 23.7 Å². The van der Waals surface area contributed by atoms with Crippen LogP contribution < -0.4 is 15.0 Å². The number of carbonyl (C=O) groups excluding carboxylic acids is 2. The van der Waals surface area contributed by atoms with Crippen LogP contribution in [0.2, 0.25) is 0 Å². The largest absolute Gasteiger partial charge is 0.489 e. The van der Waals surface area contributed by atoms with E-state index in [9.17, 15) is 9.59 Å². The highest BCUT2D eigenvalue weighted by molar-refractivity contribution is 6.44. The normalized spacial score (nSPS) is 10.4. The number of hydrogen-bond acceptors (Lipinski definition) is 3. The van der Waals surface area contributed by atoms with Crippen molar-refractivity contribution in [2.45, 2.75) is 26.5 Å². The zero-order valence-corrected chi connectivity index (χ0v) is 16.5. The van der Waals surface area contributed by atoms with Gasteiger partial charge in [-0.1, -0.05) is 60.7 Å². The summed E-state index contributed by atoms with van der Waals surface area (Å²) in [5, 5.41) is 2.70. The van der Waals surface area contributed by atoms with Gasteiger partial charge in [0.15, 0.2) is 0 Å². The summed E-state index contributed by atoms with van der Waals surface area (Å²) < 4.78 is 5.73. The smallest absolute Gasteiger partial charge is 0.316 e. The maximum atomic E-state index is 13.1. The number of hydrogen-bond donors (Lipinski definition) is 1. The van der Waals surface area contributed by atoms with Gasteiger partial charge in [0.05, 0.1) is 18.3 Å². The molecule has 0 aromatic heterocycles. The fraction of sp³-hybridized carbons (Fsp3) is 0.167. The molecule has 5 heteroatoms. The van der Waals surface area contributed by atoms with Crippen LogP contribution in [0.5, 0.6) is 5.75 Å². The summed E-state index contributed by atoms with van der Waals surface area (Å²) in [5.74, 6) is -0.832. The van der Waals surface area contributed by atoms with E-state index in [1.807, 2.05) is 80.6 Å². The van der Waals surface area contributed by atoms with Crippen molar-refractivity contribution in [3.05, 3.63) is 90.5 Å². The van der Waals surface area contributed by atoms with Crippen LogP contribution in [0.3, 0.4) is 0 Å². The lowest BCUT2D eigenvalue weighted by molar-refractivity contribution is -0.134. The van der Waals surface area contributed by atoms with Crippen molar-refractivity contribution in [1.82, 2.24) is 0 Å². The third-order valence-electron chi connectivity index (χ3n) is 4.19. The summed E-state index contributed by atoms with van der Waals surface area (Å²) in [4.78, 5) is 27.3. The predicted octanol–water partition coefficient (Wildman–Crippen LogP) is 4.65. The molecule has 0 aliphatic carbocycles. The average Bonchev–Trinajstić information content (AvgIpc) is 2.74. The average molecular weight is 388 g/mol. The van der Waals surface area contributed by atoms with Gasteiger partial charge < -0.3 is 10.1 Å². The fourth-order valence-corrected chi connectivity index (χ4v) is 2.88. The van der Waals surface area contributed by atoms with Crippen LogP contribution in [0.15, 0.2) is 84.9 Å². The standard InChI is InChI=1S/C24H24N2O3/c1-18(2)29-22-16-10-9-15-21(22)25-23(27)24(28)26(20-13-7-4-8-14-20)17-19-11-5-3-6-12-19/h3-16,18H,17H2,1-2H3,(H,25,27). The van der Waals surface area contributed by atoms with Crippen molar-refractivity contribution < 1.29 is 14.3 Å². The van der Waals surface area contributed by atoms with Crippen LogP contribution in [-0.4, -0.2) is 17.9 Å². The Morgan fingerprint density at radius 2 is 1.45 bits per heavy atom. The van der Waals surface area contributed by atoms with E-state index in [1.54, 1.807) is 18.2 Å². The van der Waals surface area contributed by atoms with E-state index in [1.165, 1.54) is 4.90 Å². The van der Waals surface area contributed by atoms with Crippen LogP contribution in [0.25, 0.3) is 0 Å². The Morgan fingerprint density at radius 1 is 0.862 bits per heavy atom. The molecule has 2 amide bonds. The van der Waals surface area contributed by atoms with E-state index in [4.69, 9.17) is 4.74 Å². The Hall–Kier alpha value is -3.60. The van der Waals surface area contributed by atoms with Gasteiger partial charge in [0.2, 0.25) is 0 Å². The Labute approximate surface area is 170 Å². The van der Waals surface area contributed by atoms with Crippen molar-refractivity contribution in [2.75, 3.05) is 10.2 Å². The number of nitrogens with zero attached hydrogens (tertiary/aromatic N) is 1. The summed E-state index contributed by atoms with van der Waals surface area (Å²) in [5.41, 5.74) is 2.05. The molecule has 0 unspecified atom stereocenters. The molecule has 0 heterocycles. The highest BCUT2D eigenvalue weighted by Crippen LogP contribution is 2.25. The van der Waals surface area contributed by atoms with E-state index >= 15 is 0 Å². The number of amides is 2. The van der Waals surface area contributed by atoms with E-state index < -0.39 is 11.8 Å². The second-order valence-electron chi connectivity index (χ2n) is 6.83. The van der Waals surface area contributed by atoms with Gasteiger partial charge in [0.1, 0.15) is 5.75 Å². The Kier molecular flexibility index (Phi) is 6.63. The minimum atomic E-state index is -0.718. The molecular formula is C24H24N2O3. The lowest BCUT2D eigenvalue weighted by atomic mass is 10.2. The first kappa shape index (κ1) is 20.1. The first-order valence-corrected chi connectivity index (χ1v) is 9.52. The molecule has 0 radical (unpaired) electrons. The molecule has 0 bridgehead atoms. The van der Waals surface area contributed by atoms with Crippen molar-refractivity contribution in [2.24, 2.45) is 0 Å². The molecule has 148 valence electrons. The first-order valence-electron chi connectivity index (χ1n) is 9.52. The molecule has 1 N–H and O–H groups in total. The highest BCUT2D eigenvalue weighted by atomic mass is 16.5. The van der Waals surface area contributed by atoms with Gasteiger partial charge in [0.25, 0.3) is 0 Å². The van der Waals surface area contributed by atoms with Crippen LogP contribution in [0, 0.1) is 0 Å². The zero-order valence-electron chi connectivity index (χ0n) is 16.5. The van der Waals surface area contributed by atoms with Crippen LogP contribution >= 0.6 is 0 Å². The van der Waals surface area contributed by atoms with E-state index in [-0.39, 0.29) is 6.10 Å². The van der Waals surface area contributed by atoms with Gasteiger partial charge in [-0.3, -0.25) is 14.5 Å². The Balaban J connectivity index is 1.83. The second-order valence-corrected chi connectivity index (χ2v) is 6.83.